The average molecular weight is 456 g/mol. The molecule has 3 aliphatic heterocycles. The highest BCUT2D eigenvalue weighted by Crippen LogP contribution is 2.37. The van der Waals surface area contributed by atoms with E-state index in [0.717, 1.165) is 42.7 Å². The maximum atomic E-state index is 13.3. The molecule has 0 N–H and O–H groups in total. The van der Waals surface area contributed by atoms with Crippen molar-refractivity contribution in [3.8, 4) is 6.07 Å². The summed E-state index contributed by atoms with van der Waals surface area (Å²) < 4.78 is 40.0. The second-order valence-electron chi connectivity index (χ2n) is 8.83. The molecule has 7 nitrogen and oxygen atoms in total. The molecule has 4 heterocycles. The average Bonchev–Trinajstić information content (AvgIpc) is 3.38. The zero-order valence-corrected chi connectivity index (χ0v) is 18.2. The van der Waals surface area contributed by atoms with E-state index < -0.39 is 17.3 Å². The van der Waals surface area contributed by atoms with Gasteiger partial charge in [0.05, 0.1) is 41.9 Å². The van der Waals surface area contributed by atoms with Crippen molar-refractivity contribution in [1.82, 2.24) is 14.9 Å². The Morgan fingerprint density at radius 2 is 1.94 bits per heavy atom. The first-order chi connectivity index (χ1) is 15.7. The molecule has 1 atom stereocenters. The van der Waals surface area contributed by atoms with E-state index in [1.165, 1.54) is 12.1 Å². The summed E-state index contributed by atoms with van der Waals surface area (Å²) in [7, 11) is 0. The molecule has 0 spiro atoms. The number of carbonyl (C=O) groups excluding carboxylic acids is 1. The number of fused-ring (bicyclic) bond motifs is 1. The lowest BCUT2D eigenvalue weighted by atomic mass is 10.1. The minimum atomic E-state index is -4.61. The lowest BCUT2D eigenvalue weighted by molar-refractivity contribution is -0.138. The Kier molecular flexibility index (Phi) is 5.15. The summed E-state index contributed by atoms with van der Waals surface area (Å²) in [6.45, 7) is 5.50. The Balaban J connectivity index is 1.30. The highest BCUT2D eigenvalue weighted by molar-refractivity contribution is 5.81. The van der Waals surface area contributed by atoms with Crippen LogP contribution in [0.1, 0.15) is 41.1 Å². The molecule has 2 fully saturated rings. The van der Waals surface area contributed by atoms with Crippen molar-refractivity contribution >= 4 is 17.4 Å². The third-order valence-corrected chi connectivity index (χ3v) is 6.67. The van der Waals surface area contributed by atoms with E-state index in [9.17, 15) is 18.0 Å². The molecule has 5 rings (SSSR count). The zero-order valence-electron chi connectivity index (χ0n) is 18.2. The van der Waals surface area contributed by atoms with Crippen LogP contribution in [0.2, 0.25) is 0 Å². The topological polar surface area (TPSA) is 76.4 Å². The number of benzene rings is 1. The number of rotatable bonds is 3. The summed E-state index contributed by atoms with van der Waals surface area (Å²) in [5.41, 5.74) is 0.921. The molecule has 3 aliphatic rings. The lowest BCUT2D eigenvalue weighted by Gasteiger charge is -2.33. The molecule has 10 heteroatoms. The number of anilines is 2. The number of hydrogen-bond acceptors (Lipinski definition) is 6. The molecule has 0 aliphatic carbocycles. The molecule has 33 heavy (non-hydrogen) atoms. The predicted octanol–water partition coefficient (Wildman–Crippen LogP) is 3.25. The standard InChI is InChI=1S/C23H23F3N6O/c1-14-28-20-13-32(12-18(20)21(29-14)30-6-2-7-30)22(33)16-5-8-31(11-16)17-4-3-15(10-27)19(9-17)23(24,25)26/h3-4,9,16H,2,5-8,11-13H2,1H3/t16-/m1/s1. The van der Waals surface area contributed by atoms with Crippen LogP contribution < -0.4 is 9.80 Å². The normalized spacial score (nSPS) is 20.0. The van der Waals surface area contributed by atoms with Gasteiger partial charge in [0, 0.05) is 37.4 Å². The number of hydrogen-bond donors (Lipinski definition) is 0. The van der Waals surface area contributed by atoms with E-state index in [0.29, 0.717) is 44.1 Å². The number of carbonyl (C=O) groups is 1. The van der Waals surface area contributed by atoms with Crippen LogP contribution in [0.4, 0.5) is 24.7 Å². The Hall–Kier alpha value is -3.35. The molecule has 172 valence electrons. The van der Waals surface area contributed by atoms with E-state index in [2.05, 4.69) is 14.9 Å². The van der Waals surface area contributed by atoms with Crippen LogP contribution in [0.3, 0.4) is 0 Å². The van der Waals surface area contributed by atoms with Gasteiger partial charge < -0.3 is 14.7 Å². The van der Waals surface area contributed by atoms with Gasteiger partial charge in [-0.15, -0.1) is 0 Å². The summed E-state index contributed by atoms with van der Waals surface area (Å²) in [4.78, 5) is 28.2. The van der Waals surface area contributed by atoms with Crippen molar-refractivity contribution < 1.29 is 18.0 Å². The van der Waals surface area contributed by atoms with Crippen LogP contribution in [-0.4, -0.2) is 47.0 Å². The van der Waals surface area contributed by atoms with Crippen molar-refractivity contribution in [2.24, 2.45) is 5.92 Å². The van der Waals surface area contributed by atoms with Gasteiger partial charge in [0.2, 0.25) is 5.91 Å². The van der Waals surface area contributed by atoms with Crippen LogP contribution in [0.15, 0.2) is 18.2 Å². The summed E-state index contributed by atoms with van der Waals surface area (Å²) in [5, 5.41) is 9.01. The summed E-state index contributed by atoms with van der Waals surface area (Å²) in [6.07, 6.45) is -2.91. The Morgan fingerprint density at radius 3 is 2.61 bits per heavy atom. The highest BCUT2D eigenvalue weighted by atomic mass is 19.4. The van der Waals surface area contributed by atoms with Crippen LogP contribution in [0, 0.1) is 24.2 Å². The fraction of sp³-hybridized carbons (Fsp3) is 0.478. The van der Waals surface area contributed by atoms with Crippen LogP contribution >= 0.6 is 0 Å². The molecule has 1 amide bonds. The van der Waals surface area contributed by atoms with Gasteiger partial charge >= 0.3 is 6.18 Å². The molecule has 2 saturated heterocycles. The second-order valence-corrected chi connectivity index (χ2v) is 8.83. The fourth-order valence-corrected chi connectivity index (χ4v) is 4.82. The van der Waals surface area contributed by atoms with Gasteiger partial charge in [-0.05, 0) is 38.0 Å². The monoisotopic (exact) mass is 456 g/mol. The van der Waals surface area contributed by atoms with Crippen LogP contribution in [0.5, 0.6) is 0 Å². The Labute approximate surface area is 189 Å². The minimum Gasteiger partial charge on any atom is -0.371 e. The molecule has 0 radical (unpaired) electrons. The largest absolute Gasteiger partial charge is 0.417 e. The third-order valence-electron chi connectivity index (χ3n) is 6.67. The number of halogens is 3. The number of nitriles is 1. The minimum absolute atomic E-state index is 0.00703. The lowest BCUT2D eigenvalue weighted by Crippen LogP contribution is -2.39. The molecule has 0 unspecified atom stereocenters. The number of nitrogens with zero attached hydrogens (tertiary/aromatic N) is 6. The van der Waals surface area contributed by atoms with Crippen LogP contribution in [-0.2, 0) is 24.1 Å². The number of aromatic nitrogens is 2. The SMILES string of the molecule is Cc1nc2c(c(N3CCC3)n1)CN(C(=O)[C@@H]1CCN(c3ccc(C#N)c(C(F)(F)F)c3)C1)C2. The second kappa shape index (κ2) is 7.90. The summed E-state index contributed by atoms with van der Waals surface area (Å²) in [6, 6.07) is 5.33. The van der Waals surface area contributed by atoms with Gasteiger partial charge in [-0.2, -0.15) is 18.4 Å². The number of alkyl halides is 3. The van der Waals surface area contributed by atoms with Crippen molar-refractivity contribution in [1.29, 1.82) is 5.26 Å². The highest BCUT2D eigenvalue weighted by Gasteiger charge is 2.38. The van der Waals surface area contributed by atoms with E-state index >= 15 is 0 Å². The van der Waals surface area contributed by atoms with Gasteiger partial charge in [-0.3, -0.25) is 4.79 Å². The van der Waals surface area contributed by atoms with E-state index in [1.54, 1.807) is 15.9 Å². The van der Waals surface area contributed by atoms with Crippen molar-refractivity contribution in [2.75, 3.05) is 36.0 Å². The van der Waals surface area contributed by atoms with Crippen molar-refractivity contribution in [3.05, 3.63) is 46.4 Å². The van der Waals surface area contributed by atoms with Gasteiger partial charge in [-0.1, -0.05) is 0 Å². The fourth-order valence-electron chi connectivity index (χ4n) is 4.82. The van der Waals surface area contributed by atoms with E-state index in [4.69, 9.17) is 5.26 Å². The summed E-state index contributed by atoms with van der Waals surface area (Å²) >= 11 is 0. The zero-order chi connectivity index (χ0) is 23.3. The van der Waals surface area contributed by atoms with Crippen molar-refractivity contribution in [2.45, 2.75) is 39.0 Å². The first-order valence-electron chi connectivity index (χ1n) is 11.0. The summed E-state index contributed by atoms with van der Waals surface area (Å²) in [5.74, 6) is 1.31. The number of aryl methyl sites for hydroxylation is 1. The number of amides is 1. The predicted molar refractivity (Wildman–Crippen MR) is 114 cm³/mol. The van der Waals surface area contributed by atoms with E-state index in [-0.39, 0.29) is 11.8 Å². The maximum Gasteiger partial charge on any atom is 0.417 e. The molecular weight excluding hydrogens is 433 g/mol. The smallest absolute Gasteiger partial charge is 0.371 e. The molecule has 1 aromatic carbocycles. The van der Waals surface area contributed by atoms with Gasteiger partial charge in [0.25, 0.3) is 0 Å². The molecule has 0 bridgehead atoms. The quantitative estimate of drug-likeness (QED) is 0.706. The van der Waals surface area contributed by atoms with Crippen molar-refractivity contribution in [3.63, 3.8) is 0 Å². The maximum absolute atomic E-state index is 13.3. The molecule has 0 saturated carbocycles. The Morgan fingerprint density at radius 1 is 1.15 bits per heavy atom. The third kappa shape index (κ3) is 3.86. The molecule has 1 aromatic heterocycles. The van der Waals surface area contributed by atoms with E-state index in [1.807, 2.05) is 6.92 Å². The van der Waals surface area contributed by atoms with Gasteiger partial charge in [-0.25, -0.2) is 9.97 Å². The Bertz CT molecular complexity index is 1150. The first-order valence-corrected chi connectivity index (χ1v) is 11.0. The molecular formula is C23H23F3N6O. The first kappa shape index (κ1) is 21.5. The van der Waals surface area contributed by atoms with Crippen LogP contribution in [0.25, 0.3) is 0 Å². The van der Waals surface area contributed by atoms with Gasteiger partial charge in [0.1, 0.15) is 11.6 Å². The van der Waals surface area contributed by atoms with Gasteiger partial charge in [0.15, 0.2) is 0 Å². The molecule has 2 aromatic rings.